The van der Waals surface area contributed by atoms with E-state index in [-0.39, 0.29) is 66.0 Å². The number of cyclic esters (lactones) is 1. The molecule has 74 heavy (non-hydrogen) atoms. The Labute approximate surface area is 445 Å². The number of piperidine rings is 1. The number of ketones is 3. The third-order valence-corrected chi connectivity index (χ3v) is 21.5. The fraction of sp³-hybridized carbons (Fsp3) is 0.780. The van der Waals surface area contributed by atoms with Crippen LogP contribution in [0.15, 0.2) is 47.6 Å². The van der Waals surface area contributed by atoms with E-state index in [0.717, 1.165) is 31.3 Å². The summed E-state index contributed by atoms with van der Waals surface area (Å²) in [6.07, 6.45) is 15.2. The van der Waals surface area contributed by atoms with Gasteiger partial charge in [0.05, 0.1) is 18.3 Å². The van der Waals surface area contributed by atoms with Crippen LogP contribution >= 0.6 is 0 Å². The molecule has 0 aromatic heterocycles. The van der Waals surface area contributed by atoms with E-state index < -0.39 is 80.0 Å². The average molecular weight is 1060 g/mol. The van der Waals surface area contributed by atoms with Crippen molar-refractivity contribution in [1.29, 1.82) is 0 Å². The number of Topliss-reactive ketones (excluding diaryl/α,β-unsaturated/α-hetero) is 3. The minimum Gasteiger partial charge on any atom is -0.460 e. The molecule has 2 N–H and O–H groups in total. The maximum Gasteiger partial charge on any atom is 0.329 e. The first-order chi connectivity index (χ1) is 34.7. The molecule has 0 spiro atoms. The lowest BCUT2D eigenvalue weighted by atomic mass is 9.78. The second-order valence-corrected chi connectivity index (χ2v) is 28.9. The van der Waals surface area contributed by atoms with E-state index in [1.165, 1.54) is 12.0 Å². The Kier molecular flexibility index (Phi) is 24.8. The molecule has 420 valence electrons. The van der Waals surface area contributed by atoms with Gasteiger partial charge in [0.1, 0.15) is 30.1 Å². The third-order valence-electron chi connectivity index (χ3n) is 17.0. The van der Waals surface area contributed by atoms with Crippen LogP contribution in [0, 0.1) is 35.5 Å². The number of ether oxygens (including phenoxy) is 5. The zero-order valence-electron chi connectivity index (χ0n) is 47.8. The third kappa shape index (κ3) is 17.7. The van der Waals surface area contributed by atoms with Crippen LogP contribution in [0.5, 0.6) is 0 Å². The van der Waals surface area contributed by atoms with Crippen LogP contribution in [-0.4, -0.2) is 135 Å². The molecule has 4 aliphatic rings. The summed E-state index contributed by atoms with van der Waals surface area (Å²) in [4.78, 5) is 72.5. The predicted molar refractivity (Wildman–Crippen MR) is 290 cm³/mol. The van der Waals surface area contributed by atoms with Gasteiger partial charge in [0.15, 0.2) is 14.1 Å². The van der Waals surface area contributed by atoms with Crippen molar-refractivity contribution in [3.63, 3.8) is 0 Å². The van der Waals surface area contributed by atoms with Gasteiger partial charge in [-0.2, -0.15) is 0 Å². The summed E-state index contributed by atoms with van der Waals surface area (Å²) in [5.74, 6) is -7.54. The van der Waals surface area contributed by atoms with Gasteiger partial charge in [-0.15, -0.1) is 0 Å². The first-order valence-corrected chi connectivity index (χ1v) is 30.9. The number of hydrogen-bond donors (Lipinski definition) is 2. The molecule has 1 aliphatic carbocycles. The smallest absolute Gasteiger partial charge is 0.329 e. The highest BCUT2D eigenvalue weighted by Gasteiger charge is 2.53. The van der Waals surface area contributed by atoms with E-state index in [2.05, 4.69) is 33.9 Å². The highest BCUT2D eigenvalue weighted by atomic mass is 28.4. The molecule has 4 rings (SSSR count). The number of amides is 1. The number of carbonyl (C=O) groups excluding carboxylic acids is 5. The second kappa shape index (κ2) is 29.0. The Morgan fingerprint density at radius 1 is 0.878 bits per heavy atom. The van der Waals surface area contributed by atoms with Crippen LogP contribution in [-0.2, 0) is 52.1 Å². The molecule has 3 aliphatic heterocycles. The average Bonchev–Trinajstić information content (AvgIpc) is 3.35. The minimum absolute atomic E-state index is 0.0480. The molecule has 0 aromatic carbocycles. The van der Waals surface area contributed by atoms with Gasteiger partial charge in [-0.25, -0.2) is 4.79 Å². The Hall–Kier alpha value is -3.15. The van der Waals surface area contributed by atoms with E-state index in [9.17, 15) is 34.2 Å². The number of fused-ring (bicyclic) bond motifs is 3. The Bertz CT molecular complexity index is 1990. The van der Waals surface area contributed by atoms with E-state index >= 15 is 0 Å². The Morgan fingerprint density at radius 3 is 2.27 bits per heavy atom. The summed E-state index contributed by atoms with van der Waals surface area (Å²) in [6, 6.07) is -1.11. The number of rotatable bonds is 11. The molecule has 2 bridgehead atoms. The van der Waals surface area contributed by atoms with Crippen LogP contribution in [0.1, 0.15) is 159 Å². The zero-order chi connectivity index (χ0) is 55.1. The first-order valence-electron chi connectivity index (χ1n) is 27.9. The van der Waals surface area contributed by atoms with Crippen molar-refractivity contribution < 1.29 is 62.3 Å². The predicted octanol–water partition coefficient (Wildman–Crippen LogP) is 9.99. The van der Waals surface area contributed by atoms with Gasteiger partial charge in [0.2, 0.25) is 5.79 Å². The monoisotopic (exact) mass is 1060 g/mol. The highest BCUT2D eigenvalue weighted by Crippen LogP contribution is 2.39. The maximum atomic E-state index is 14.6. The Balaban J connectivity index is 1.61. The Morgan fingerprint density at radius 2 is 1.59 bits per heavy atom. The number of allylic oxidation sites excluding steroid dienone is 7. The van der Waals surface area contributed by atoms with Crippen molar-refractivity contribution in [3.05, 3.63) is 47.6 Å². The molecule has 3 fully saturated rings. The lowest BCUT2D eigenvalue weighted by Gasteiger charge is -2.42. The summed E-state index contributed by atoms with van der Waals surface area (Å²) in [7, 11) is 1.24. The van der Waals surface area contributed by atoms with Crippen molar-refractivity contribution >= 4 is 37.5 Å². The molecule has 14 nitrogen and oxygen atoms in total. The largest absolute Gasteiger partial charge is 0.460 e. The van der Waals surface area contributed by atoms with Gasteiger partial charge >= 0.3 is 5.97 Å². The van der Waals surface area contributed by atoms with E-state index in [1.54, 1.807) is 34.0 Å². The summed E-state index contributed by atoms with van der Waals surface area (Å²) < 4.78 is 36.9. The van der Waals surface area contributed by atoms with Crippen LogP contribution < -0.4 is 0 Å². The summed E-state index contributed by atoms with van der Waals surface area (Å²) >= 11 is 0. The number of carbonyl (C=O) groups is 5. The molecule has 14 atom stereocenters. The molecular formula is C59H97NO13Si. The van der Waals surface area contributed by atoms with Crippen molar-refractivity contribution in [3.8, 4) is 0 Å². The molecule has 0 radical (unpaired) electrons. The molecule has 1 unspecified atom stereocenters. The maximum absolute atomic E-state index is 14.6. The van der Waals surface area contributed by atoms with Crippen molar-refractivity contribution in [2.45, 2.75) is 226 Å². The lowest BCUT2D eigenvalue weighted by Crippen LogP contribution is -2.60. The van der Waals surface area contributed by atoms with E-state index in [4.69, 9.17) is 28.1 Å². The van der Waals surface area contributed by atoms with Crippen molar-refractivity contribution in [2.24, 2.45) is 35.5 Å². The molecule has 1 amide bonds. The summed E-state index contributed by atoms with van der Waals surface area (Å²) in [5.41, 5.74) is 1.47. The van der Waals surface area contributed by atoms with E-state index in [1.807, 2.05) is 58.1 Å². The fourth-order valence-corrected chi connectivity index (χ4v) is 11.9. The fourth-order valence-electron chi connectivity index (χ4n) is 10.8. The number of aliphatic hydroxyl groups excluding tert-OH is 1. The molecule has 0 aromatic rings. The van der Waals surface area contributed by atoms with Gasteiger partial charge in [-0.3, -0.25) is 19.2 Å². The molecule has 2 saturated heterocycles. The summed E-state index contributed by atoms with van der Waals surface area (Å²) in [5, 5.41) is 23.6. The highest BCUT2D eigenvalue weighted by molar-refractivity contribution is 6.74. The number of esters is 1. The van der Waals surface area contributed by atoms with Crippen molar-refractivity contribution in [1.82, 2.24) is 4.90 Å². The standard InChI is InChI=1S/C59H97NO13Si/c1-38-21-16-15-17-22-39(2)33-42(5)52(62)54(69-12)53(63)43(6)34-40(3)48(61)37-50(41(4)35-45-26-29-49(51(36-45)68-11)70-31-20-32-71-74(13,14)58(8,9)10)72-57(66)47-23-18-19-30-60(47)56(65)55(64)59(67)44(7)25-28-46(73-59)27-24-38/h15-17,21-22,34,39-42,44-47,49-51,53-54,63,67H,18-20,23-33,35-37H2,1-14H3/b16-15+,22-17+,38-21+,43-34+/t39-,40-,41-,42-,44-,45+,46-,47?,49-,50+,51-,53-,54+,59-/m1/s1. The first kappa shape index (κ1) is 63.4. The van der Waals surface area contributed by atoms with Crippen LogP contribution in [0.25, 0.3) is 0 Å². The number of nitrogens with zero attached hydrogens (tertiary/aromatic N) is 1. The quantitative estimate of drug-likeness (QED) is 0.0656. The molecule has 15 heteroatoms. The normalized spacial score (nSPS) is 36.4. The van der Waals surface area contributed by atoms with Crippen LogP contribution in [0.2, 0.25) is 18.1 Å². The van der Waals surface area contributed by atoms with Gasteiger partial charge in [0.25, 0.3) is 11.7 Å². The van der Waals surface area contributed by atoms with Gasteiger partial charge in [0, 0.05) is 58.2 Å². The molecular weight excluding hydrogens is 959 g/mol. The summed E-state index contributed by atoms with van der Waals surface area (Å²) in [6.45, 7) is 25.4. The van der Waals surface area contributed by atoms with Crippen molar-refractivity contribution in [2.75, 3.05) is 34.0 Å². The van der Waals surface area contributed by atoms with E-state index in [0.29, 0.717) is 70.2 Å². The van der Waals surface area contributed by atoms with Gasteiger partial charge in [-0.1, -0.05) is 97.4 Å². The molecule has 3 heterocycles. The molecule has 1 saturated carbocycles. The topological polar surface area (TPSA) is 184 Å². The number of aliphatic hydroxyl groups is 2. The van der Waals surface area contributed by atoms with Gasteiger partial charge in [-0.05, 0) is 139 Å². The van der Waals surface area contributed by atoms with Crippen LogP contribution in [0.3, 0.4) is 0 Å². The zero-order valence-corrected chi connectivity index (χ0v) is 48.8. The number of methoxy groups -OCH3 is 2. The van der Waals surface area contributed by atoms with Crippen LogP contribution in [0.4, 0.5) is 0 Å². The van der Waals surface area contributed by atoms with Gasteiger partial charge < -0.3 is 43.2 Å². The SMILES string of the molecule is CO[C@@H]1C[C@H](C[C@@H](C)[C@@H]2CC(=O)[C@H](C)/C=C(\C)[C@@H](O)[C@@H](OC)C(=O)[C@H](C)C[C@H](C)/C=C/C=C/C=C(\C)CC[C@@H]3CC[C@@H](C)[C@@](O)(O3)C(=O)C(=O)N3CCCCC3C(=O)O2)CC[C@H]1OCCCO[Si](C)(C)C(C)(C)C. The second-order valence-electron chi connectivity index (χ2n) is 24.1. The lowest BCUT2D eigenvalue weighted by molar-refractivity contribution is -0.263. The number of hydrogen-bond acceptors (Lipinski definition) is 13. The minimum atomic E-state index is -2.36.